The van der Waals surface area contributed by atoms with Crippen LogP contribution in [0.4, 0.5) is 11.4 Å². The number of likely N-dealkylation sites (tertiary alicyclic amines) is 1. The number of para-hydroxylation sites is 2. The third-order valence-electron chi connectivity index (χ3n) is 3.73. The molecule has 1 aromatic rings. The number of nitro groups is 1. The molecule has 0 atom stereocenters. The molecule has 0 aliphatic carbocycles. The second kappa shape index (κ2) is 7.73. The topological polar surface area (TPSA) is 75.5 Å². The lowest BCUT2D eigenvalue weighted by Crippen LogP contribution is -2.28. The number of anilines is 1. The van der Waals surface area contributed by atoms with E-state index < -0.39 is 4.92 Å². The SMILES string of the molecule is O=C(CCN1CCCCCC1)Nc1ccccc1[N+](=O)[O-]. The fourth-order valence-corrected chi connectivity index (χ4v) is 2.57. The van der Waals surface area contributed by atoms with Gasteiger partial charge in [0.1, 0.15) is 5.69 Å². The Morgan fingerprint density at radius 2 is 1.86 bits per heavy atom. The highest BCUT2D eigenvalue weighted by Crippen LogP contribution is 2.23. The zero-order valence-electron chi connectivity index (χ0n) is 12.1. The number of amides is 1. The lowest BCUT2D eigenvalue weighted by molar-refractivity contribution is -0.383. The van der Waals surface area contributed by atoms with Gasteiger partial charge in [-0.05, 0) is 32.0 Å². The first-order valence-electron chi connectivity index (χ1n) is 7.42. The van der Waals surface area contributed by atoms with Gasteiger partial charge in [0.25, 0.3) is 5.69 Å². The first kappa shape index (κ1) is 15.4. The molecule has 1 aliphatic rings. The molecule has 1 heterocycles. The molecule has 0 bridgehead atoms. The van der Waals surface area contributed by atoms with E-state index in [-0.39, 0.29) is 17.3 Å². The molecule has 1 fully saturated rings. The van der Waals surface area contributed by atoms with E-state index in [0.717, 1.165) is 13.1 Å². The van der Waals surface area contributed by atoms with Crippen LogP contribution >= 0.6 is 0 Å². The number of hydrogen-bond acceptors (Lipinski definition) is 4. The summed E-state index contributed by atoms with van der Waals surface area (Å²) >= 11 is 0. The minimum Gasteiger partial charge on any atom is -0.320 e. The van der Waals surface area contributed by atoms with Gasteiger partial charge in [0.15, 0.2) is 0 Å². The highest BCUT2D eigenvalue weighted by Gasteiger charge is 2.15. The standard InChI is InChI=1S/C15H21N3O3/c19-15(9-12-17-10-5-1-2-6-11-17)16-13-7-3-4-8-14(13)18(20)21/h3-4,7-8H,1-2,5-6,9-12H2,(H,16,19). The lowest BCUT2D eigenvalue weighted by atomic mass is 10.2. The smallest absolute Gasteiger partial charge is 0.292 e. The number of hydrogen-bond donors (Lipinski definition) is 1. The van der Waals surface area contributed by atoms with Crippen molar-refractivity contribution >= 4 is 17.3 Å². The number of benzene rings is 1. The van der Waals surface area contributed by atoms with Gasteiger partial charge in [-0.15, -0.1) is 0 Å². The van der Waals surface area contributed by atoms with Crippen LogP contribution in [0.5, 0.6) is 0 Å². The summed E-state index contributed by atoms with van der Waals surface area (Å²) in [7, 11) is 0. The molecule has 1 aromatic carbocycles. The molecule has 0 aromatic heterocycles. The van der Waals surface area contributed by atoms with Gasteiger partial charge in [0.2, 0.25) is 5.91 Å². The fraction of sp³-hybridized carbons (Fsp3) is 0.533. The minimum atomic E-state index is -0.482. The zero-order valence-corrected chi connectivity index (χ0v) is 12.1. The van der Waals surface area contributed by atoms with Crippen LogP contribution in [0.25, 0.3) is 0 Å². The predicted molar refractivity (Wildman–Crippen MR) is 81.3 cm³/mol. The second-order valence-electron chi connectivity index (χ2n) is 5.33. The molecule has 114 valence electrons. The molecule has 0 spiro atoms. The van der Waals surface area contributed by atoms with Gasteiger partial charge in [-0.2, -0.15) is 0 Å². The summed E-state index contributed by atoms with van der Waals surface area (Å²) in [5.74, 6) is -0.173. The molecule has 21 heavy (non-hydrogen) atoms. The van der Waals surface area contributed by atoms with E-state index in [2.05, 4.69) is 10.2 Å². The number of carbonyl (C=O) groups is 1. The lowest BCUT2D eigenvalue weighted by Gasteiger charge is -2.19. The zero-order chi connectivity index (χ0) is 15.1. The van der Waals surface area contributed by atoms with E-state index in [4.69, 9.17) is 0 Å². The Morgan fingerprint density at radius 1 is 1.19 bits per heavy atom. The van der Waals surface area contributed by atoms with Crippen LogP contribution in [-0.2, 0) is 4.79 Å². The monoisotopic (exact) mass is 291 g/mol. The normalized spacial score (nSPS) is 16.2. The largest absolute Gasteiger partial charge is 0.320 e. The second-order valence-corrected chi connectivity index (χ2v) is 5.33. The maximum atomic E-state index is 12.0. The molecule has 1 amide bonds. The van der Waals surface area contributed by atoms with Gasteiger partial charge in [0.05, 0.1) is 4.92 Å². The summed E-state index contributed by atoms with van der Waals surface area (Å²) in [5.41, 5.74) is 0.198. The van der Waals surface area contributed by atoms with Crippen molar-refractivity contribution in [3.63, 3.8) is 0 Å². The van der Waals surface area contributed by atoms with Crippen molar-refractivity contribution in [3.8, 4) is 0 Å². The number of nitrogens with one attached hydrogen (secondary N) is 1. The van der Waals surface area contributed by atoms with Gasteiger partial charge < -0.3 is 10.2 Å². The summed E-state index contributed by atoms with van der Waals surface area (Å²) in [4.78, 5) is 24.7. The molecule has 6 heteroatoms. The van der Waals surface area contributed by atoms with Crippen LogP contribution in [0.1, 0.15) is 32.1 Å². The van der Waals surface area contributed by atoms with Crippen LogP contribution < -0.4 is 5.32 Å². The van der Waals surface area contributed by atoms with Crippen LogP contribution in [0.2, 0.25) is 0 Å². The Balaban J connectivity index is 1.85. The van der Waals surface area contributed by atoms with E-state index in [1.165, 1.54) is 31.7 Å². The molecule has 0 radical (unpaired) electrons. The summed E-state index contributed by atoms with van der Waals surface area (Å²) in [6.45, 7) is 2.80. The Bertz CT molecular complexity index is 497. The van der Waals surface area contributed by atoms with Crippen molar-refractivity contribution in [3.05, 3.63) is 34.4 Å². The van der Waals surface area contributed by atoms with Crippen LogP contribution in [0.15, 0.2) is 24.3 Å². The van der Waals surface area contributed by atoms with E-state index in [1.807, 2.05) is 0 Å². The predicted octanol–water partition coefficient (Wildman–Crippen LogP) is 2.80. The molecular formula is C15H21N3O3. The Kier molecular flexibility index (Phi) is 5.68. The van der Waals surface area contributed by atoms with Crippen LogP contribution in [0.3, 0.4) is 0 Å². The maximum Gasteiger partial charge on any atom is 0.292 e. The van der Waals surface area contributed by atoms with Gasteiger partial charge in [-0.1, -0.05) is 25.0 Å². The summed E-state index contributed by atoms with van der Waals surface area (Å²) in [6.07, 6.45) is 5.27. The highest BCUT2D eigenvalue weighted by atomic mass is 16.6. The molecule has 1 aliphatic heterocycles. The molecule has 2 rings (SSSR count). The summed E-state index contributed by atoms with van der Waals surface area (Å²) < 4.78 is 0. The maximum absolute atomic E-state index is 12.0. The van der Waals surface area contributed by atoms with Crippen molar-refractivity contribution in [2.24, 2.45) is 0 Å². The summed E-state index contributed by atoms with van der Waals surface area (Å²) in [6, 6.07) is 6.22. The third kappa shape index (κ3) is 4.82. The van der Waals surface area contributed by atoms with Crippen molar-refractivity contribution < 1.29 is 9.72 Å². The Hall–Kier alpha value is -1.95. The van der Waals surface area contributed by atoms with Crippen molar-refractivity contribution in [1.82, 2.24) is 4.90 Å². The van der Waals surface area contributed by atoms with Crippen molar-refractivity contribution in [2.75, 3.05) is 25.0 Å². The van der Waals surface area contributed by atoms with E-state index >= 15 is 0 Å². The van der Waals surface area contributed by atoms with Gasteiger partial charge in [-0.25, -0.2) is 0 Å². The number of nitrogens with zero attached hydrogens (tertiary/aromatic N) is 2. The average Bonchev–Trinajstić information content (AvgIpc) is 2.74. The third-order valence-corrected chi connectivity index (χ3v) is 3.73. The van der Waals surface area contributed by atoms with Crippen molar-refractivity contribution in [1.29, 1.82) is 0 Å². The summed E-state index contributed by atoms with van der Waals surface area (Å²) in [5, 5.41) is 13.5. The van der Waals surface area contributed by atoms with Crippen LogP contribution in [0, 0.1) is 10.1 Å². The number of nitro benzene ring substituents is 1. The van der Waals surface area contributed by atoms with E-state index in [0.29, 0.717) is 13.0 Å². The molecule has 0 saturated carbocycles. The van der Waals surface area contributed by atoms with Gasteiger partial charge in [-0.3, -0.25) is 14.9 Å². The quantitative estimate of drug-likeness (QED) is 0.668. The van der Waals surface area contributed by atoms with E-state index in [9.17, 15) is 14.9 Å². The van der Waals surface area contributed by atoms with Crippen molar-refractivity contribution in [2.45, 2.75) is 32.1 Å². The molecule has 0 unspecified atom stereocenters. The Morgan fingerprint density at radius 3 is 2.52 bits per heavy atom. The minimum absolute atomic E-state index is 0.0689. The van der Waals surface area contributed by atoms with Gasteiger partial charge in [0, 0.05) is 19.0 Å². The molecule has 1 saturated heterocycles. The number of rotatable bonds is 5. The first-order valence-corrected chi connectivity index (χ1v) is 7.42. The molecule has 6 nitrogen and oxygen atoms in total. The fourth-order valence-electron chi connectivity index (χ4n) is 2.57. The average molecular weight is 291 g/mol. The van der Waals surface area contributed by atoms with E-state index in [1.54, 1.807) is 18.2 Å². The van der Waals surface area contributed by atoms with Crippen LogP contribution in [-0.4, -0.2) is 35.4 Å². The Labute approximate surface area is 124 Å². The number of carbonyl (C=O) groups excluding carboxylic acids is 1. The first-order chi connectivity index (χ1) is 10.2. The highest BCUT2D eigenvalue weighted by molar-refractivity contribution is 5.93. The molecular weight excluding hydrogens is 270 g/mol. The van der Waals surface area contributed by atoms with Gasteiger partial charge >= 0.3 is 0 Å². The molecule has 1 N–H and O–H groups in total.